The van der Waals surface area contributed by atoms with E-state index in [1.165, 1.54) is 25.7 Å². The van der Waals surface area contributed by atoms with Crippen LogP contribution in [0.25, 0.3) is 11.0 Å². The standard InChI is InChI=1S/C18H24N2O2/c21-16(9-20-12-19-17-3-1-2-4-18(17)20)11-22-10-15-8-13-5-6-14(15)7-13/h1-4,12-16,21H,5-11H2/t13-,14-,15-,16+/m1/s1. The summed E-state index contributed by atoms with van der Waals surface area (Å²) in [4.78, 5) is 4.35. The van der Waals surface area contributed by atoms with E-state index in [0.717, 1.165) is 35.4 Å². The zero-order valence-corrected chi connectivity index (χ0v) is 12.9. The van der Waals surface area contributed by atoms with Gasteiger partial charge in [-0.05, 0) is 49.1 Å². The van der Waals surface area contributed by atoms with Crippen LogP contribution in [0.3, 0.4) is 0 Å². The predicted octanol–water partition coefficient (Wildman–Crippen LogP) is 2.85. The molecule has 2 bridgehead atoms. The van der Waals surface area contributed by atoms with Crippen LogP contribution in [0.5, 0.6) is 0 Å². The van der Waals surface area contributed by atoms with Crippen LogP contribution in [0.1, 0.15) is 25.7 Å². The molecule has 1 heterocycles. The van der Waals surface area contributed by atoms with Gasteiger partial charge in [-0.3, -0.25) is 0 Å². The van der Waals surface area contributed by atoms with E-state index in [2.05, 4.69) is 4.98 Å². The molecule has 2 fully saturated rings. The monoisotopic (exact) mass is 300 g/mol. The molecule has 1 N–H and O–H groups in total. The number of aliphatic hydroxyl groups excluding tert-OH is 1. The molecule has 0 spiro atoms. The number of nitrogens with zero attached hydrogens (tertiary/aromatic N) is 2. The summed E-state index contributed by atoms with van der Waals surface area (Å²) in [6.45, 7) is 1.78. The molecule has 0 unspecified atom stereocenters. The van der Waals surface area contributed by atoms with Gasteiger partial charge in [0.15, 0.2) is 0 Å². The Bertz CT molecular complexity index is 639. The first-order chi connectivity index (χ1) is 10.8. The Morgan fingerprint density at radius 3 is 3.00 bits per heavy atom. The second-order valence-electron chi connectivity index (χ2n) is 7.01. The SMILES string of the molecule is O[C@H](COC[C@H]1C[C@@H]2CC[C@@H]1C2)Cn1cnc2ccccc21. The van der Waals surface area contributed by atoms with Gasteiger partial charge in [-0.1, -0.05) is 18.6 Å². The number of benzene rings is 1. The lowest BCUT2D eigenvalue weighted by molar-refractivity contribution is 0.00622. The van der Waals surface area contributed by atoms with Gasteiger partial charge in [0, 0.05) is 6.61 Å². The van der Waals surface area contributed by atoms with E-state index in [0.29, 0.717) is 13.2 Å². The Kier molecular flexibility index (Phi) is 3.89. The van der Waals surface area contributed by atoms with Crippen molar-refractivity contribution < 1.29 is 9.84 Å². The molecular formula is C18H24N2O2. The Hall–Kier alpha value is -1.39. The number of aromatic nitrogens is 2. The van der Waals surface area contributed by atoms with E-state index in [4.69, 9.17) is 4.74 Å². The van der Waals surface area contributed by atoms with Crippen molar-refractivity contribution in [2.75, 3.05) is 13.2 Å². The van der Waals surface area contributed by atoms with Crippen LogP contribution < -0.4 is 0 Å². The third-order valence-corrected chi connectivity index (χ3v) is 5.46. The normalized spacial score (nSPS) is 28.5. The fourth-order valence-electron chi connectivity index (χ4n) is 4.37. The topological polar surface area (TPSA) is 47.3 Å². The zero-order valence-electron chi connectivity index (χ0n) is 12.9. The number of fused-ring (bicyclic) bond motifs is 3. The van der Waals surface area contributed by atoms with Gasteiger partial charge in [-0.15, -0.1) is 0 Å². The minimum absolute atomic E-state index is 0.417. The molecular weight excluding hydrogens is 276 g/mol. The summed E-state index contributed by atoms with van der Waals surface area (Å²) in [5.41, 5.74) is 2.03. The average Bonchev–Trinajstić information content (AvgIpc) is 3.23. The summed E-state index contributed by atoms with van der Waals surface area (Å²) < 4.78 is 7.81. The predicted molar refractivity (Wildman–Crippen MR) is 85.5 cm³/mol. The third-order valence-electron chi connectivity index (χ3n) is 5.46. The van der Waals surface area contributed by atoms with E-state index >= 15 is 0 Å². The number of aliphatic hydroxyl groups is 1. The summed E-state index contributed by atoms with van der Waals surface area (Å²) in [6.07, 6.45) is 6.89. The number of rotatable bonds is 6. The molecule has 4 rings (SSSR count). The number of hydrogen-bond acceptors (Lipinski definition) is 3. The van der Waals surface area contributed by atoms with Crippen molar-refractivity contribution in [1.29, 1.82) is 0 Å². The van der Waals surface area contributed by atoms with Gasteiger partial charge in [-0.25, -0.2) is 4.98 Å². The van der Waals surface area contributed by atoms with Gasteiger partial charge in [0.25, 0.3) is 0 Å². The maximum absolute atomic E-state index is 10.2. The molecule has 22 heavy (non-hydrogen) atoms. The maximum atomic E-state index is 10.2. The Morgan fingerprint density at radius 2 is 2.18 bits per heavy atom. The van der Waals surface area contributed by atoms with Crippen molar-refractivity contribution in [2.45, 2.75) is 38.3 Å². The van der Waals surface area contributed by atoms with Crippen LogP contribution in [0.15, 0.2) is 30.6 Å². The zero-order chi connectivity index (χ0) is 14.9. The van der Waals surface area contributed by atoms with Gasteiger partial charge >= 0.3 is 0 Å². The van der Waals surface area contributed by atoms with E-state index in [9.17, 15) is 5.11 Å². The average molecular weight is 300 g/mol. The number of imidazole rings is 1. The molecule has 1 aromatic carbocycles. The van der Waals surface area contributed by atoms with Crippen molar-refractivity contribution in [2.24, 2.45) is 17.8 Å². The van der Waals surface area contributed by atoms with Gasteiger partial charge in [0.05, 0.1) is 36.6 Å². The molecule has 4 heteroatoms. The molecule has 4 atom stereocenters. The third kappa shape index (κ3) is 2.77. The summed E-state index contributed by atoms with van der Waals surface area (Å²) >= 11 is 0. The highest BCUT2D eigenvalue weighted by atomic mass is 16.5. The fourth-order valence-corrected chi connectivity index (χ4v) is 4.37. The Labute approximate surface area is 131 Å². The van der Waals surface area contributed by atoms with Crippen molar-refractivity contribution in [3.05, 3.63) is 30.6 Å². The largest absolute Gasteiger partial charge is 0.389 e. The van der Waals surface area contributed by atoms with Crippen LogP contribution >= 0.6 is 0 Å². The number of hydrogen-bond donors (Lipinski definition) is 1. The lowest BCUT2D eigenvalue weighted by Crippen LogP contribution is -2.24. The second kappa shape index (κ2) is 6.01. The van der Waals surface area contributed by atoms with Crippen molar-refractivity contribution in [1.82, 2.24) is 9.55 Å². The van der Waals surface area contributed by atoms with Gasteiger partial charge in [-0.2, -0.15) is 0 Å². The minimum atomic E-state index is -0.476. The van der Waals surface area contributed by atoms with E-state index in [1.54, 1.807) is 6.33 Å². The summed E-state index contributed by atoms with van der Waals surface area (Å²) in [6, 6.07) is 8.00. The summed E-state index contributed by atoms with van der Waals surface area (Å²) in [7, 11) is 0. The number of para-hydroxylation sites is 2. The maximum Gasteiger partial charge on any atom is 0.0959 e. The van der Waals surface area contributed by atoms with Crippen molar-refractivity contribution >= 4 is 11.0 Å². The molecule has 0 aliphatic heterocycles. The fraction of sp³-hybridized carbons (Fsp3) is 0.611. The summed E-state index contributed by atoms with van der Waals surface area (Å²) in [5, 5.41) is 10.2. The number of ether oxygens (including phenoxy) is 1. The first kappa shape index (κ1) is 14.2. The Morgan fingerprint density at radius 1 is 1.27 bits per heavy atom. The van der Waals surface area contributed by atoms with Crippen LogP contribution in [-0.2, 0) is 11.3 Å². The highest BCUT2D eigenvalue weighted by Crippen LogP contribution is 2.48. The molecule has 2 aliphatic rings. The second-order valence-corrected chi connectivity index (χ2v) is 7.01. The van der Waals surface area contributed by atoms with Gasteiger partial charge < -0.3 is 14.4 Å². The molecule has 118 valence electrons. The van der Waals surface area contributed by atoms with E-state index in [1.807, 2.05) is 28.8 Å². The smallest absolute Gasteiger partial charge is 0.0959 e. The first-order valence-corrected chi connectivity index (χ1v) is 8.45. The van der Waals surface area contributed by atoms with Crippen LogP contribution in [0.2, 0.25) is 0 Å². The molecule has 0 amide bonds. The highest BCUT2D eigenvalue weighted by Gasteiger charge is 2.39. The molecule has 4 nitrogen and oxygen atoms in total. The molecule has 2 aliphatic carbocycles. The first-order valence-electron chi connectivity index (χ1n) is 8.45. The van der Waals surface area contributed by atoms with Crippen molar-refractivity contribution in [3.8, 4) is 0 Å². The quantitative estimate of drug-likeness (QED) is 0.892. The molecule has 1 aromatic heterocycles. The molecule has 0 radical (unpaired) electrons. The van der Waals surface area contributed by atoms with Crippen LogP contribution in [0.4, 0.5) is 0 Å². The van der Waals surface area contributed by atoms with E-state index in [-0.39, 0.29) is 0 Å². The molecule has 2 saturated carbocycles. The van der Waals surface area contributed by atoms with Crippen LogP contribution in [-0.4, -0.2) is 34.0 Å². The lowest BCUT2D eigenvalue weighted by atomic mass is 9.90. The van der Waals surface area contributed by atoms with E-state index < -0.39 is 6.10 Å². The lowest BCUT2D eigenvalue weighted by Gasteiger charge is -2.22. The molecule has 0 saturated heterocycles. The molecule has 2 aromatic rings. The highest BCUT2D eigenvalue weighted by molar-refractivity contribution is 5.74. The minimum Gasteiger partial charge on any atom is -0.389 e. The Balaban J connectivity index is 1.27. The van der Waals surface area contributed by atoms with Gasteiger partial charge in [0.1, 0.15) is 0 Å². The van der Waals surface area contributed by atoms with Crippen LogP contribution in [0, 0.1) is 17.8 Å². The van der Waals surface area contributed by atoms with Crippen molar-refractivity contribution in [3.63, 3.8) is 0 Å². The summed E-state index contributed by atoms with van der Waals surface area (Å²) in [5.74, 6) is 2.58. The van der Waals surface area contributed by atoms with Gasteiger partial charge in [0.2, 0.25) is 0 Å².